The number of nitrogens with zero attached hydrogens (tertiary/aromatic N) is 4. The Morgan fingerprint density at radius 3 is 2.75 bits per heavy atom. The molecule has 0 saturated heterocycles. The van der Waals surface area contributed by atoms with Crippen molar-refractivity contribution < 1.29 is 9.60 Å². The van der Waals surface area contributed by atoms with Crippen molar-refractivity contribution in [3.8, 4) is 0 Å². The molecule has 28 heavy (non-hydrogen) atoms. The van der Waals surface area contributed by atoms with E-state index in [0.29, 0.717) is 24.4 Å². The van der Waals surface area contributed by atoms with E-state index in [0.717, 1.165) is 48.5 Å². The van der Waals surface area contributed by atoms with E-state index in [1.807, 2.05) is 6.07 Å². The van der Waals surface area contributed by atoms with Crippen molar-refractivity contribution in [2.45, 2.75) is 33.1 Å². The largest absolute Gasteiger partial charge is 0.411 e. The Morgan fingerprint density at radius 2 is 2.07 bits per heavy atom. The van der Waals surface area contributed by atoms with Crippen LogP contribution in [0, 0.1) is 5.82 Å². The summed E-state index contributed by atoms with van der Waals surface area (Å²) in [6, 6.07) is 6.34. The van der Waals surface area contributed by atoms with Gasteiger partial charge in [-0.15, -0.1) is 0 Å². The lowest BCUT2D eigenvalue weighted by molar-refractivity contribution is 0.313. The van der Waals surface area contributed by atoms with Gasteiger partial charge in [0.25, 0.3) is 0 Å². The van der Waals surface area contributed by atoms with Gasteiger partial charge in [0, 0.05) is 42.4 Å². The van der Waals surface area contributed by atoms with Crippen LogP contribution in [0.25, 0.3) is 0 Å². The van der Waals surface area contributed by atoms with Crippen molar-refractivity contribution in [3.05, 3.63) is 58.0 Å². The molecule has 1 N–H and O–H groups in total. The smallest absolute Gasteiger partial charge is 0.155 e. The quantitative estimate of drug-likeness (QED) is 0.397. The van der Waals surface area contributed by atoms with E-state index in [-0.39, 0.29) is 5.02 Å². The Balaban J connectivity index is 1.77. The molecule has 0 unspecified atom stereocenters. The van der Waals surface area contributed by atoms with Crippen LogP contribution in [0.3, 0.4) is 0 Å². The fraction of sp³-hybridized carbons (Fsp3) is 0.381. The van der Waals surface area contributed by atoms with Crippen LogP contribution < -0.4 is 0 Å². The van der Waals surface area contributed by atoms with E-state index in [4.69, 9.17) is 11.6 Å². The molecule has 0 bridgehead atoms. The molecule has 0 spiro atoms. The van der Waals surface area contributed by atoms with Gasteiger partial charge in [0.2, 0.25) is 0 Å². The fourth-order valence-corrected chi connectivity index (χ4v) is 3.62. The lowest BCUT2D eigenvalue weighted by Crippen LogP contribution is -2.25. The maximum atomic E-state index is 13.4. The molecular weight excluding hydrogens is 379 g/mol. The van der Waals surface area contributed by atoms with Gasteiger partial charge in [-0.25, -0.2) is 14.4 Å². The Morgan fingerprint density at radius 1 is 1.29 bits per heavy atom. The number of aromatic nitrogens is 1. The number of oxime groups is 1. The van der Waals surface area contributed by atoms with Gasteiger partial charge in [0.15, 0.2) is 5.82 Å². The predicted molar refractivity (Wildman–Crippen MR) is 111 cm³/mol. The summed E-state index contributed by atoms with van der Waals surface area (Å²) in [6.07, 6.45) is 3.59. The van der Waals surface area contributed by atoms with Crippen molar-refractivity contribution in [2.75, 3.05) is 19.6 Å². The molecule has 0 saturated carbocycles. The number of rotatable bonds is 8. The molecule has 1 aliphatic rings. The molecule has 0 aliphatic carbocycles. The number of halogens is 2. The number of benzene rings is 1. The van der Waals surface area contributed by atoms with Gasteiger partial charge in [-0.3, -0.25) is 0 Å². The standard InChI is InChI=1S/C21H24ClFN4O/c1-3-27(4-2)10-8-15-13-17-16(7-9-24-21(17)25-15)20(26-28)12-14-5-6-19(23)18(22)11-14/h5-7,9,11,28H,3-4,8,10,12-13H2,1-2H3/b26-20+. The van der Waals surface area contributed by atoms with Gasteiger partial charge >= 0.3 is 0 Å². The average Bonchev–Trinajstić information content (AvgIpc) is 3.13. The molecule has 1 aliphatic heterocycles. The average molecular weight is 403 g/mol. The summed E-state index contributed by atoms with van der Waals surface area (Å²) < 4.78 is 13.4. The molecule has 0 atom stereocenters. The van der Waals surface area contributed by atoms with E-state index < -0.39 is 5.82 Å². The van der Waals surface area contributed by atoms with Crippen LogP contribution in [0.5, 0.6) is 0 Å². The summed E-state index contributed by atoms with van der Waals surface area (Å²) >= 11 is 5.87. The van der Waals surface area contributed by atoms with Crippen LogP contribution in [-0.4, -0.2) is 46.1 Å². The number of hydrogen-bond acceptors (Lipinski definition) is 5. The Hall–Kier alpha value is -2.31. The third-order valence-electron chi connectivity index (χ3n) is 5.08. The highest BCUT2D eigenvalue weighted by molar-refractivity contribution is 6.30. The second kappa shape index (κ2) is 9.26. The monoisotopic (exact) mass is 402 g/mol. The van der Waals surface area contributed by atoms with Crippen molar-refractivity contribution in [3.63, 3.8) is 0 Å². The summed E-state index contributed by atoms with van der Waals surface area (Å²) in [6.45, 7) is 7.30. The highest BCUT2D eigenvalue weighted by atomic mass is 35.5. The molecule has 0 fully saturated rings. The summed E-state index contributed by atoms with van der Waals surface area (Å²) in [5.74, 6) is 0.217. The third-order valence-corrected chi connectivity index (χ3v) is 5.37. The summed E-state index contributed by atoms with van der Waals surface area (Å²) in [5, 5.41) is 13.2. The number of hydrogen-bond donors (Lipinski definition) is 1. The fourth-order valence-electron chi connectivity index (χ4n) is 3.41. The van der Waals surface area contributed by atoms with Gasteiger partial charge in [-0.2, -0.15) is 0 Å². The minimum Gasteiger partial charge on any atom is -0.411 e. The molecular formula is C21H24ClFN4O. The lowest BCUT2D eigenvalue weighted by Gasteiger charge is -2.17. The van der Waals surface area contributed by atoms with Gasteiger partial charge < -0.3 is 10.1 Å². The first-order chi connectivity index (χ1) is 13.5. The Kier molecular flexibility index (Phi) is 6.75. The van der Waals surface area contributed by atoms with Crippen LogP contribution in [0.4, 0.5) is 10.2 Å². The molecule has 0 amide bonds. The SMILES string of the molecule is CCN(CC)CCC1=Nc2nccc(/C(Cc3ccc(F)c(Cl)c3)=N/O)c2C1. The van der Waals surface area contributed by atoms with Crippen LogP contribution in [-0.2, 0) is 12.8 Å². The Labute approximate surface area is 169 Å². The van der Waals surface area contributed by atoms with E-state index >= 15 is 0 Å². The molecule has 3 rings (SSSR count). The van der Waals surface area contributed by atoms with Crippen LogP contribution in [0.1, 0.15) is 37.0 Å². The normalized spacial score (nSPS) is 13.8. The molecule has 1 aromatic heterocycles. The molecule has 7 heteroatoms. The number of fused-ring (bicyclic) bond motifs is 1. The Bertz CT molecular complexity index is 909. The molecule has 148 valence electrons. The zero-order valence-corrected chi connectivity index (χ0v) is 16.9. The van der Waals surface area contributed by atoms with Crippen molar-refractivity contribution in [1.29, 1.82) is 0 Å². The summed E-state index contributed by atoms with van der Waals surface area (Å²) in [7, 11) is 0. The van der Waals surface area contributed by atoms with Crippen molar-refractivity contribution >= 4 is 28.8 Å². The first kappa shape index (κ1) is 20.4. The highest BCUT2D eigenvalue weighted by Gasteiger charge is 2.22. The van der Waals surface area contributed by atoms with Crippen LogP contribution >= 0.6 is 11.6 Å². The summed E-state index contributed by atoms with van der Waals surface area (Å²) in [5.41, 5.74) is 4.13. The van der Waals surface area contributed by atoms with Crippen molar-refractivity contribution in [2.24, 2.45) is 10.1 Å². The number of pyridine rings is 1. The molecule has 2 heterocycles. The van der Waals surface area contributed by atoms with Gasteiger partial charge in [0.1, 0.15) is 5.82 Å². The minimum absolute atomic E-state index is 0.0526. The molecule has 1 aromatic carbocycles. The summed E-state index contributed by atoms with van der Waals surface area (Å²) in [4.78, 5) is 11.4. The van der Waals surface area contributed by atoms with Gasteiger partial charge in [-0.1, -0.05) is 36.7 Å². The van der Waals surface area contributed by atoms with Gasteiger partial charge in [-0.05, 0) is 43.3 Å². The topological polar surface area (TPSA) is 61.1 Å². The highest BCUT2D eigenvalue weighted by Crippen LogP contribution is 2.29. The van der Waals surface area contributed by atoms with Crippen LogP contribution in [0.15, 0.2) is 40.6 Å². The first-order valence-corrected chi connectivity index (χ1v) is 9.85. The second-order valence-electron chi connectivity index (χ2n) is 6.76. The predicted octanol–water partition coefficient (Wildman–Crippen LogP) is 4.66. The van der Waals surface area contributed by atoms with Crippen LogP contribution in [0.2, 0.25) is 5.02 Å². The molecule has 5 nitrogen and oxygen atoms in total. The third kappa shape index (κ3) is 4.56. The molecule has 0 radical (unpaired) electrons. The maximum absolute atomic E-state index is 13.4. The van der Waals surface area contributed by atoms with E-state index in [1.165, 1.54) is 6.07 Å². The van der Waals surface area contributed by atoms with Crippen molar-refractivity contribution in [1.82, 2.24) is 9.88 Å². The second-order valence-corrected chi connectivity index (χ2v) is 7.17. The lowest BCUT2D eigenvalue weighted by atomic mass is 9.96. The first-order valence-electron chi connectivity index (χ1n) is 9.47. The van der Waals surface area contributed by atoms with E-state index in [1.54, 1.807) is 18.3 Å². The molecule has 2 aromatic rings. The van der Waals surface area contributed by atoms with E-state index in [9.17, 15) is 9.60 Å². The van der Waals surface area contributed by atoms with Gasteiger partial charge in [0.05, 0.1) is 10.7 Å². The van der Waals surface area contributed by atoms with E-state index in [2.05, 4.69) is 33.9 Å². The minimum atomic E-state index is -0.469. The maximum Gasteiger partial charge on any atom is 0.155 e. The zero-order chi connectivity index (χ0) is 20.1. The zero-order valence-electron chi connectivity index (χ0n) is 16.1. The number of aliphatic imine (C=N–C) groups is 1.